The van der Waals surface area contributed by atoms with E-state index in [0.29, 0.717) is 23.7 Å². The highest BCUT2D eigenvalue weighted by Crippen LogP contribution is 2.22. The zero-order chi connectivity index (χ0) is 11.6. The molecular formula is C11H21NO3S. The third-order valence-corrected chi connectivity index (χ3v) is 5.48. The normalized spacial score (nSPS) is 38.7. The summed E-state index contributed by atoms with van der Waals surface area (Å²) in [4.78, 5) is 0. The molecule has 0 amide bonds. The predicted octanol–water partition coefficient (Wildman–Crippen LogP) is 0.721. The first kappa shape index (κ1) is 12.3. The van der Waals surface area contributed by atoms with Crippen LogP contribution < -0.4 is 5.32 Å². The van der Waals surface area contributed by atoms with Crippen LogP contribution in [-0.2, 0) is 14.6 Å². The summed E-state index contributed by atoms with van der Waals surface area (Å²) in [6, 6.07) is 0.679. The van der Waals surface area contributed by atoms with Gasteiger partial charge in [0.15, 0.2) is 9.84 Å². The summed E-state index contributed by atoms with van der Waals surface area (Å²) in [6.45, 7) is 0. The largest absolute Gasteiger partial charge is 0.381 e. The second-order valence-corrected chi connectivity index (χ2v) is 7.20. The summed E-state index contributed by atoms with van der Waals surface area (Å²) in [5.41, 5.74) is 0. The minimum atomic E-state index is -2.75. The third-order valence-electron chi connectivity index (χ3n) is 3.71. The summed E-state index contributed by atoms with van der Waals surface area (Å²) in [6.07, 6.45) is 5.59. The van der Waals surface area contributed by atoms with Crippen LogP contribution in [0.15, 0.2) is 0 Å². The Morgan fingerprint density at radius 2 is 1.75 bits per heavy atom. The van der Waals surface area contributed by atoms with E-state index in [9.17, 15) is 8.42 Å². The molecule has 1 aliphatic carbocycles. The SMILES string of the molecule is COC1CCC(NC2CCS(=O)(=O)C2)CC1. The maximum Gasteiger partial charge on any atom is 0.151 e. The lowest BCUT2D eigenvalue weighted by molar-refractivity contribution is 0.0615. The van der Waals surface area contributed by atoms with Crippen molar-refractivity contribution in [3.63, 3.8) is 0 Å². The Balaban J connectivity index is 1.75. The topological polar surface area (TPSA) is 55.4 Å². The van der Waals surface area contributed by atoms with Crippen LogP contribution in [0.5, 0.6) is 0 Å². The van der Waals surface area contributed by atoms with Crippen LogP contribution in [0, 0.1) is 0 Å². The number of hydrogen-bond donors (Lipinski definition) is 1. The Labute approximate surface area is 97.7 Å². The lowest BCUT2D eigenvalue weighted by atomic mass is 9.92. The van der Waals surface area contributed by atoms with E-state index in [-0.39, 0.29) is 6.04 Å². The number of ether oxygens (including phenoxy) is 1. The van der Waals surface area contributed by atoms with Gasteiger partial charge in [0.25, 0.3) is 0 Å². The van der Waals surface area contributed by atoms with Gasteiger partial charge in [-0.25, -0.2) is 8.42 Å². The molecule has 1 heterocycles. The quantitative estimate of drug-likeness (QED) is 0.798. The molecule has 4 nitrogen and oxygen atoms in total. The van der Waals surface area contributed by atoms with Gasteiger partial charge in [-0.05, 0) is 32.1 Å². The first-order valence-electron chi connectivity index (χ1n) is 6.08. The molecule has 0 spiro atoms. The highest BCUT2D eigenvalue weighted by Gasteiger charge is 2.30. The van der Waals surface area contributed by atoms with Crippen LogP contribution in [0.2, 0.25) is 0 Å². The standard InChI is InChI=1S/C11H21NO3S/c1-15-11-4-2-9(3-5-11)12-10-6-7-16(13,14)8-10/h9-12H,2-8H2,1H3. The molecule has 1 unspecified atom stereocenters. The Morgan fingerprint density at radius 3 is 2.25 bits per heavy atom. The molecule has 0 aromatic carbocycles. The minimum absolute atomic E-state index is 0.189. The van der Waals surface area contributed by atoms with E-state index in [0.717, 1.165) is 32.1 Å². The Morgan fingerprint density at radius 1 is 1.06 bits per heavy atom. The number of nitrogens with one attached hydrogen (secondary N) is 1. The molecule has 1 saturated carbocycles. The average molecular weight is 247 g/mol. The average Bonchev–Trinajstić information content (AvgIpc) is 2.59. The predicted molar refractivity (Wildman–Crippen MR) is 63.2 cm³/mol. The Hall–Kier alpha value is -0.130. The second-order valence-electron chi connectivity index (χ2n) is 4.98. The van der Waals surface area contributed by atoms with Gasteiger partial charge in [0, 0.05) is 19.2 Å². The fourth-order valence-corrected chi connectivity index (χ4v) is 4.41. The number of methoxy groups -OCH3 is 1. The van der Waals surface area contributed by atoms with Gasteiger partial charge in [0.1, 0.15) is 0 Å². The maximum absolute atomic E-state index is 11.3. The molecule has 0 radical (unpaired) electrons. The number of sulfone groups is 1. The zero-order valence-electron chi connectivity index (χ0n) is 9.81. The first-order chi connectivity index (χ1) is 7.59. The zero-order valence-corrected chi connectivity index (χ0v) is 10.6. The fraction of sp³-hybridized carbons (Fsp3) is 1.00. The van der Waals surface area contributed by atoms with Gasteiger partial charge in [-0.2, -0.15) is 0 Å². The van der Waals surface area contributed by atoms with Crippen LogP contribution in [-0.4, -0.2) is 45.2 Å². The van der Waals surface area contributed by atoms with Crippen molar-refractivity contribution in [3.05, 3.63) is 0 Å². The highest BCUT2D eigenvalue weighted by atomic mass is 32.2. The molecule has 0 aromatic heterocycles. The van der Waals surface area contributed by atoms with Gasteiger partial charge in [-0.1, -0.05) is 0 Å². The molecule has 0 bridgehead atoms. The van der Waals surface area contributed by atoms with Gasteiger partial charge in [0.2, 0.25) is 0 Å². The van der Waals surface area contributed by atoms with Crippen LogP contribution in [0.4, 0.5) is 0 Å². The van der Waals surface area contributed by atoms with Crippen molar-refractivity contribution in [2.75, 3.05) is 18.6 Å². The van der Waals surface area contributed by atoms with E-state index in [1.54, 1.807) is 7.11 Å². The van der Waals surface area contributed by atoms with E-state index < -0.39 is 9.84 Å². The molecule has 1 N–H and O–H groups in total. The second kappa shape index (κ2) is 5.02. The van der Waals surface area contributed by atoms with Crippen molar-refractivity contribution in [3.8, 4) is 0 Å². The summed E-state index contributed by atoms with van der Waals surface area (Å²) in [5, 5.41) is 3.48. The first-order valence-corrected chi connectivity index (χ1v) is 7.90. The van der Waals surface area contributed by atoms with E-state index in [1.807, 2.05) is 0 Å². The van der Waals surface area contributed by atoms with Crippen molar-refractivity contribution >= 4 is 9.84 Å². The molecule has 1 atom stereocenters. The molecule has 5 heteroatoms. The van der Waals surface area contributed by atoms with Gasteiger partial charge < -0.3 is 10.1 Å². The Kier molecular flexibility index (Phi) is 3.87. The minimum Gasteiger partial charge on any atom is -0.381 e. The highest BCUT2D eigenvalue weighted by molar-refractivity contribution is 7.91. The van der Waals surface area contributed by atoms with E-state index in [2.05, 4.69) is 5.32 Å². The van der Waals surface area contributed by atoms with E-state index in [1.165, 1.54) is 0 Å². The summed E-state index contributed by atoms with van der Waals surface area (Å²) >= 11 is 0. The molecule has 2 fully saturated rings. The fourth-order valence-electron chi connectivity index (χ4n) is 2.72. The monoisotopic (exact) mass is 247 g/mol. The van der Waals surface area contributed by atoms with Crippen LogP contribution >= 0.6 is 0 Å². The molecule has 1 saturated heterocycles. The molecule has 2 rings (SSSR count). The Bertz CT molecular complexity index is 320. The molecular weight excluding hydrogens is 226 g/mol. The van der Waals surface area contributed by atoms with Crippen molar-refractivity contribution in [2.24, 2.45) is 0 Å². The van der Waals surface area contributed by atoms with E-state index >= 15 is 0 Å². The summed E-state index contributed by atoms with van der Waals surface area (Å²) in [5.74, 6) is 0.690. The number of hydrogen-bond acceptors (Lipinski definition) is 4. The molecule has 1 aliphatic heterocycles. The number of rotatable bonds is 3. The third kappa shape index (κ3) is 3.18. The lowest BCUT2D eigenvalue weighted by Gasteiger charge is -2.30. The van der Waals surface area contributed by atoms with Gasteiger partial charge in [-0.15, -0.1) is 0 Å². The van der Waals surface area contributed by atoms with Crippen molar-refractivity contribution in [2.45, 2.75) is 50.3 Å². The summed E-state index contributed by atoms with van der Waals surface area (Å²) in [7, 11) is -0.983. The molecule has 16 heavy (non-hydrogen) atoms. The molecule has 94 valence electrons. The van der Waals surface area contributed by atoms with Crippen LogP contribution in [0.1, 0.15) is 32.1 Å². The van der Waals surface area contributed by atoms with Gasteiger partial charge in [0.05, 0.1) is 17.6 Å². The van der Waals surface area contributed by atoms with E-state index in [4.69, 9.17) is 4.74 Å². The smallest absolute Gasteiger partial charge is 0.151 e. The van der Waals surface area contributed by atoms with Crippen LogP contribution in [0.25, 0.3) is 0 Å². The molecule has 2 aliphatic rings. The van der Waals surface area contributed by atoms with Crippen molar-refractivity contribution in [1.29, 1.82) is 0 Å². The van der Waals surface area contributed by atoms with Gasteiger partial charge in [-0.3, -0.25) is 0 Å². The van der Waals surface area contributed by atoms with Gasteiger partial charge >= 0.3 is 0 Å². The molecule has 0 aromatic rings. The van der Waals surface area contributed by atoms with Crippen molar-refractivity contribution in [1.82, 2.24) is 5.32 Å². The lowest BCUT2D eigenvalue weighted by Crippen LogP contribution is -2.42. The summed E-state index contributed by atoms with van der Waals surface area (Å²) < 4.78 is 28.0. The maximum atomic E-state index is 11.3. The van der Waals surface area contributed by atoms with Crippen molar-refractivity contribution < 1.29 is 13.2 Å². The van der Waals surface area contributed by atoms with Crippen LogP contribution in [0.3, 0.4) is 0 Å².